The van der Waals surface area contributed by atoms with Gasteiger partial charge in [0.05, 0.1) is 11.9 Å². The number of aromatic amines is 1. The molecular formula is C22H23FN4O2. The van der Waals surface area contributed by atoms with E-state index in [1.54, 1.807) is 25.3 Å². The lowest BCUT2D eigenvalue weighted by Crippen LogP contribution is -2.34. The monoisotopic (exact) mass is 394 g/mol. The lowest BCUT2D eigenvalue weighted by Gasteiger charge is -2.12. The number of rotatable bonds is 5. The van der Waals surface area contributed by atoms with Crippen LogP contribution < -0.4 is 10.9 Å². The molecule has 2 aromatic heterocycles. The van der Waals surface area contributed by atoms with Gasteiger partial charge in [0.1, 0.15) is 11.3 Å². The molecule has 5 rings (SSSR count). The summed E-state index contributed by atoms with van der Waals surface area (Å²) in [5.74, 6) is 0.161. The van der Waals surface area contributed by atoms with Crippen LogP contribution in [0.1, 0.15) is 60.1 Å². The van der Waals surface area contributed by atoms with E-state index in [4.69, 9.17) is 0 Å². The van der Waals surface area contributed by atoms with Crippen LogP contribution in [-0.2, 0) is 0 Å². The Bertz CT molecular complexity index is 1190. The summed E-state index contributed by atoms with van der Waals surface area (Å²) in [5, 5.41) is 7.53. The Kier molecular flexibility index (Phi) is 4.08. The highest BCUT2D eigenvalue weighted by Gasteiger charge is 2.36. The summed E-state index contributed by atoms with van der Waals surface area (Å²) < 4.78 is 15.5. The minimum atomic E-state index is -0.336. The van der Waals surface area contributed by atoms with E-state index in [0.717, 1.165) is 31.2 Å². The summed E-state index contributed by atoms with van der Waals surface area (Å²) in [6.45, 7) is 3.70. The van der Waals surface area contributed by atoms with Gasteiger partial charge >= 0.3 is 0 Å². The van der Waals surface area contributed by atoms with Gasteiger partial charge in [-0.25, -0.2) is 8.91 Å². The van der Waals surface area contributed by atoms with E-state index in [0.29, 0.717) is 33.9 Å². The number of carbonyl (C=O) groups is 1. The Hall–Kier alpha value is -2.96. The fraction of sp³-hybridized carbons (Fsp3) is 0.409. The van der Waals surface area contributed by atoms with Crippen LogP contribution in [0.25, 0.3) is 16.8 Å². The van der Waals surface area contributed by atoms with Crippen molar-refractivity contribution < 1.29 is 9.18 Å². The van der Waals surface area contributed by atoms with Gasteiger partial charge in [-0.3, -0.25) is 9.59 Å². The summed E-state index contributed by atoms with van der Waals surface area (Å²) in [6.07, 6.45) is 5.83. The van der Waals surface area contributed by atoms with Crippen molar-refractivity contribution in [3.63, 3.8) is 0 Å². The van der Waals surface area contributed by atoms with Gasteiger partial charge in [0.2, 0.25) is 0 Å². The summed E-state index contributed by atoms with van der Waals surface area (Å²) in [6, 6.07) is 4.92. The maximum atomic E-state index is 14.0. The Morgan fingerprint density at radius 2 is 2.07 bits per heavy atom. The molecule has 7 heteroatoms. The topological polar surface area (TPSA) is 79.3 Å². The van der Waals surface area contributed by atoms with E-state index in [-0.39, 0.29) is 29.2 Å². The number of hydrogen-bond acceptors (Lipinski definition) is 3. The lowest BCUT2D eigenvalue weighted by atomic mass is 10.1. The predicted octanol–water partition coefficient (Wildman–Crippen LogP) is 3.54. The molecule has 2 N–H and O–H groups in total. The number of nitrogens with one attached hydrogen (secondary N) is 2. The van der Waals surface area contributed by atoms with E-state index < -0.39 is 0 Å². The molecule has 0 bridgehead atoms. The standard InChI is InChI=1S/C22H23FN4O2/c1-11-3-4-15(9-16(11)23)17-10-27-20(22(29)25-17)18(14-7-8-14)19(26-27)21(28)24-12(2)13-5-6-13/h3-4,9-10,12-14H,5-8H2,1-2H3,(H,24,28)(H,25,29)/t12-/m0/s1. The fourth-order valence-electron chi connectivity index (χ4n) is 3.93. The molecule has 1 atom stereocenters. The number of amides is 1. The molecule has 0 aliphatic heterocycles. The van der Waals surface area contributed by atoms with Gasteiger partial charge in [-0.15, -0.1) is 0 Å². The second-order valence-corrected chi connectivity index (χ2v) is 8.39. The summed E-state index contributed by atoms with van der Waals surface area (Å²) in [5.41, 5.74) is 2.72. The van der Waals surface area contributed by atoms with Crippen LogP contribution in [0, 0.1) is 18.7 Å². The molecule has 0 saturated heterocycles. The number of benzene rings is 1. The van der Waals surface area contributed by atoms with Crippen molar-refractivity contribution in [1.29, 1.82) is 0 Å². The van der Waals surface area contributed by atoms with Crippen LogP contribution in [0.15, 0.2) is 29.2 Å². The molecule has 2 aliphatic rings. The van der Waals surface area contributed by atoms with E-state index in [1.807, 2.05) is 6.92 Å². The highest BCUT2D eigenvalue weighted by Crippen LogP contribution is 2.43. The molecular weight excluding hydrogens is 371 g/mol. The average Bonchev–Trinajstić information content (AvgIpc) is 3.60. The first-order valence-electron chi connectivity index (χ1n) is 10.2. The maximum Gasteiger partial charge on any atom is 0.274 e. The first-order valence-corrected chi connectivity index (χ1v) is 10.2. The third kappa shape index (κ3) is 3.24. The summed E-state index contributed by atoms with van der Waals surface area (Å²) >= 11 is 0. The van der Waals surface area contributed by atoms with Crippen molar-refractivity contribution in [3.8, 4) is 11.3 Å². The second kappa shape index (κ2) is 6.54. The first kappa shape index (κ1) is 18.1. The average molecular weight is 394 g/mol. The third-order valence-corrected chi connectivity index (χ3v) is 6.03. The lowest BCUT2D eigenvalue weighted by molar-refractivity contribution is 0.0929. The minimum Gasteiger partial charge on any atom is -0.348 e. The van der Waals surface area contributed by atoms with Gasteiger partial charge < -0.3 is 10.3 Å². The first-order chi connectivity index (χ1) is 13.9. The zero-order valence-corrected chi connectivity index (χ0v) is 16.5. The van der Waals surface area contributed by atoms with Crippen molar-refractivity contribution in [1.82, 2.24) is 19.9 Å². The van der Waals surface area contributed by atoms with E-state index >= 15 is 0 Å². The Balaban J connectivity index is 1.60. The highest BCUT2D eigenvalue weighted by molar-refractivity contribution is 5.96. The molecule has 6 nitrogen and oxygen atoms in total. The maximum absolute atomic E-state index is 14.0. The number of hydrogen-bond donors (Lipinski definition) is 2. The SMILES string of the molecule is Cc1ccc(-c2cn3nc(C(=O)N[C@@H](C)C4CC4)c(C4CC4)c3c(=O)[nH]2)cc1F. The van der Waals surface area contributed by atoms with Crippen LogP contribution in [0.3, 0.4) is 0 Å². The van der Waals surface area contributed by atoms with E-state index in [2.05, 4.69) is 15.4 Å². The molecule has 2 aliphatic carbocycles. The van der Waals surface area contributed by atoms with Crippen LogP contribution in [0.2, 0.25) is 0 Å². The molecule has 1 amide bonds. The Labute approximate surface area is 167 Å². The number of aryl methyl sites for hydroxylation is 1. The van der Waals surface area contributed by atoms with Gasteiger partial charge in [-0.1, -0.05) is 12.1 Å². The molecule has 2 saturated carbocycles. The number of fused-ring (bicyclic) bond motifs is 1. The van der Waals surface area contributed by atoms with Gasteiger partial charge in [0.15, 0.2) is 5.69 Å². The zero-order chi connectivity index (χ0) is 20.3. The normalized spacial score (nSPS) is 17.5. The predicted molar refractivity (Wildman–Crippen MR) is 108 cm³/mol. The fourth-order valence-corrected chi connectivity index (χ4v) is 3.93. The number of nitrogens with zero attached hydrogens (tertiary/aromatic N) is 2. The number of aromatic nitrogens is 3. The highest BCUT2D eigenvalue weighted by atomic mass is 19.1. The van der Waals surface area contributed by atoms with Gasteiger partial charge in [-0.2, -0.15) is 5.10 Å². The minimum absolute atomic E-state index is 0.101. The molecule has 0 radical (unpaired) electrons. The van der Waals surface area contributed by atoms with Crippen LogP contribution >= 0.6 is 0 Å². The van der Waals surface area contributed by atoms with Crippen molar-refractivity contribution in [2.24, 2.45) is 5.92 Å². The van der Waals surface area contributed by atoms with Crippen molar-refractivity contribution in [2.75, 3.05) is 0 Å². The summed E-state index contributed by atoms with van der Waals surface area (Å²) in [7, 11) is 0. The van der Waals surface area contributed by atoms with Crippen molar-refractivity contribution >= 4 is 11.4 Å². The molecule has 1 aromatic carbocycles. The summed E-state index contributed by atoms with van der Waals surface area (Å²) in [4.78, 5) is 28.7. The molecule has 150 valence electrons. The zero-order valence-electron chi connectivity index (χ0n) is 16.5. The molecule has 29 heavy (non-hydrogen) atoms. The number of halogens is 1. The second-order valence-electron chi connectivity index (χ2n) is 8.39. The van der Waals surface area contributed by atoms with E-state index in [1.165, 1.54) is 10.6 Å². The van der Waals surface area contributed by atoms with Crippen molar-refractivity contribution in [2.45, 2.75) is 51.5 Å². The van der Waals surface area contributed by atoms with Crippen LogP contribution in [0.4, 0.5) is 4.39 Å². The largest absolute Gasteiger partial charge is 0.348 e. The number of H-pyrrole nitrogens is 1. The van der Waals surface area contributed by atoms with Gasteiger partial charge in [0.25, 0.3) is 11.5 Å². The molecule has 2 fully saturated rings. The number of carbonyl (C=O) groups excluding carboxylic acids is 1. The van der Waals surface area contributed by atoms with Crippen LogP contribution in [-0.4, -0.2) is 26.5 Å². The van der Waals surface area contributed by atoms with Gasteiger partial charge in [-0.05, 0) is 63.0 Å². The van der Waals surface area contributed by atoms with E-state index in [9.17, 15) is 14.0 Å². The molecule has 3 aromatic rings. The molecule has 0 unspecified atom stereocenters. The quantitative estimate of drug-likeness (QED) is 0.695. The van der Waals surface area contributed by atoms with Gasteiger partial charge in [0, 0.05) is 17.2 Å². The molecule has 0 spiro atoms. The van der Waals surface area contributed by atoms with Crippen molar-refractivity contribution in [3.05, 3.63) is 57.4 Å². The smallest absolute Gasteiger partial charge is 0.274 e. The Morgan fingerprint density at radius 1 is 1.31 bits per heavy atom. The molecule has 2 heterocycles. The Morgan fingerprint density at radius 3 is 2.72 bits per heavy atom. The third-order valence-electron chi connectivity index (χ3n) is 6.03. The van der Waals surface area contributed by atoms with Crippen LogP contribution in [0.5, 0.6) is 0 Å².